The topological polar surface area (TPSA) is 44.8 Å². The van der Waals surface area contributed by atoms with Crippen molar-refractivity contribution in [1.29, 1.82) is 0 Å². The van der Waals surface area contributed by atoms with Gasteiger partial charge in [-0.15, -0.1) is 5.73 Å². The molecular formula is C14H22O4. The molecule has 1 unspecified atom stereocenters. The van der Waals surface area contributed by atoms with E-state index in [1.165, 1.54) is 0 Å². The number of carbonyl (C=O) groups excluding carboxylic acids is 1. The zero-order chi connectivity index (χ0) is 13.2. The molecule has 0 N–H and O–H groups in total. The van der Waals surface area contributed by atoms with Gasteiger partial charge in [-0.25, -0.2) is 0 Å². The first-order valence-corrected chi connectivity index (χ1v) is 6.53. The van der Waals surface area contributed by atoms with Crippen molar-refractivity contribution in [3.63, 3.8) is 0 Å². The van der Waals surface area contributed by atoms with Crippen LogP contribution in [0, 0.1) is 0 Å². The molecule has 0 aromatic heterocycles. The van der Waals surface area contributed by atoms with Crippen LogP contribution in [-0.2, 0) is 19.0 Å². The molecular weight excluding hydrogens is 232 g/mol. The Bertz CT molecular complexity index is 299. The lowest BCUT2D eigenvalue weighted by molar-refractivity contribution is -0.161. The van der Waals surface area contributed by atoms with E-state index < -0.39 is 0 Å². The van der Waals surface area contributed by atoms with E-state index in [4.69, 9.17) is 14.2 Å². The highest BCUT2D eigenvalue weighted by Gasteiger charge is 2.14. The highest BCUT2D eigenvalue weighted by atomic mass is 16.7. The molecule has 1 rings (SSSR count). The number of esters is 1. The maximum Gasteiger partial charge on any atom is 0.310 e. The highest BCUT2D eigenvalue weighted by Crippen LogP contribution is 2.15. The zero-order valence-corrected chi connectivity index (χ0v) is 11.1. The van der Waals surface area contributed by atoms with Crippen molar-refractivity contribution in [2.24, 2.45) is 0 Å². The van der Waals surface area contributed by atoms with Gasteiger partial charge in [-0.3, -0.25) is 4.79 Å². The van der Waals surface area contributed by atoms with Crippen molar-refractivity contribution < 1.29 is 19.0 Å². The predicted octanol–water partition coefficient (Wildman–Crippen LogP) is 2.58. The molecule has 0 bridgehead atoms. The smallest absolute Gasteiger partial charge is 0.310 e. The molecule has 0 radical (unpaired) electrons. The standard InChI is InChI=1S/C14H22O4/c1-3-12(11-13(15)16-4-2)8-10-18-14-7-5-6-9-17-14/h14H,1,4-11H2,2H3. The van der Waals surface area contributed by atoms with Crippen LogP contribution in [0.2, 0.25) is 0 Å². The molecule has 0 aliphatic carbocycles. The molecule has 1 aliphatic rings. The summed E-state index contributed by atoms with van der Waals surface area (Å²) >= 11 is 0. The third-order valence-corrected chi connectivity index (χ3v) is 2.76. The Morgan fingerprint density at radius 3 is 2.94 bits per heavy atom. The normalized spacial score (nSPS) is 19.1. The van der Waals surface area contributed by atoms with Gasteiger partial charge in [-0.2, -0.15) is 0 Å². The van der Waals surface area contributed by atoms with E-state index >= 15 is 0 Å². The minimum absolute atomic E-state index is 0.0904. The van der Waals surface area contributed by atoms with Crippen LogP contribution in [0.1, 0.15) is 39.0 Å². The molecule has 1 heterocycles. The average molecular weight is 254 g/mol. The van der Waals surface area contributed by atoms with Gasteiger partial charge in [0, 0.05) is 6.61 Å². The second-order valence-electron chi connectivity index (χ2n) is 4.18. The summed E-state index contributed by atoms with van der Waals surface area (Å²) in [4.78, 5) is 11.3. The van der Waals surface area contributed by atoms with E-state index in [9.17, 15) is 4.79 Å². The van der Waals surface area contributed by atoms with Crippen molar-refractivity contribution in [2.45, 2.75) is 45.3 Å². The van der Waals surface area contributed by atoms with E-state index in [0.717, 1.165) is 31.4 Å². The van der Waals surface area contributed by atoms with Gasteiger partial charge in [-0.1, -0.05) is 6.58 Å². The fourth-order valence-electron chi connectivity index (χ4n) is 1.78. The Kier molecular flexibility index (Phi) is 7.42. The Balaban J connectivity index is 2.19. The summed E-state index contributed by atoms with van der Waals surface area (Å²) in [5.41, 5.74) is 3.60. The summed E-state index contributed by atoms with van der Waals surface area (Å²) in [6.45, 7) is 7.08. The molecule has 0 aromatic rings. The van der Waals surface area contributed by atoms with Gasteiger partial charge in [0.1, 0.15) is 0 Å². The summed E-state index contributed by atoms with van der Waals surface area (Å²) in [5.74, 6) is -0.238. The number of hydrogen-bond donors (Lipinski definition) is 0. The monoisotopic (exact) mass is 254 g/mol. The lowest BCUT2D eigenvalue weighted by Crippen LogP contribution is -2.22. The Hall–Kier alpha value is -1.09. The molecule has 1 fully saturated rings. The molecule has 4 nitrogen and oxygen atoms in total. The highest BCUT2D eigenvalue weighted by molar-refractivity contribution is 5.72. The van der Waals surface area contributed by atoms with Crippen molar-refractivity contribution >= 4 is 5.97 Å². The van der Waals surface area contributed by atoms with E-state index in [-0.39, 0.29) is 18.7 Å². The summed E-state index contributed by atoms with van der Waals surface area (Å²) in [6.07, 6.45) is 4.00. The second-order valence-corrected chi connectivity index (χ2v) is 4.18. The number of carbonyl (C=O) groups is 1. The molecule has 4 heteroatoms. The first-order chi connectivity index (χ1) is 8.76. The predicted molar refractivity (Wildman–Crippen MR) is 68.1 cm³/mol. The first kappa shape index (κ1) is 15.0. The lowest BCUT2D eigenvalue weighted by Gasteiger charge is -2.22. The minimum Gasteiger partial charge on any atom is -0.466 e. The maximum absolute atomic E-state index is 11.3. The molecule has 0 aromatic carbocycles. The molecule has 1 aliphatic heterocycles. The summed E-state index contributed by atoms with van der Waals surface area (Å²) < 4.78 is 15.9. The third kappa shape index (κ3) is 6.01. The zero-order valence-electron chi connectivity index (χ0n) is 11.1. The molecule has 0 spiro atoms. The first-order valence-electron chi connectivity index (χ1n) is 6.53. The average Bonchev–Trinajstić information content (AvgIpc) is 2.39. The second kappa shape index (κ2) is 8.92. The van der Waals surface area contributed by atoms with Crippen LogP contribution in [-0.4, -0.2) is 32.1 Å². The van der Waals surface area contributed by atoms with Crippen molar-refractivity contribution in [3.05, 3.63) is 17.9 Å². The SMILES string of the molecule is C=C=C(CCOC1CCCCO1)CC(=O)OCC. The van der Waals surface area contributed by atoms with E-state index in [1.54, 1.807) is 6.92 Å². The summed E-state index contributed by atoms with van der Waals surface area (Å²) in [6, 6.07) is 0. The molecule has 0 saturated carbocycles. The third-order valence-electron chi connectivity index (χ3n) is 2.76. The van der Waals surface area contributed by atoms with E-state index in [2.05, 4.69) is 12.3 Å². The van der Waals surface area contributed by atoms with Gasteiger partial charge in [-0.05, 0) is 38.2 Å². The van der Waals surface area contributed by atoms with Crippen LogP contribution in [0.3, 0.4) is 0 Å². The molecule has 18 heavy (non-hydrogen) atoms. The Morgan fingerprint density at radius 1 is 1.50 bits per heavy atom. The van der Waals surface area contributed by atoms with Crippen LogP contribution in [0.15, 0.2) is 17.9 Å². The van der Waals surface area contributed by atoms with E-state index in [1.807, 2.05) is 0 Å². The maximum atomic E-state index is 11.3. The van der Waals surface area contributed by atoms with E-state index in [0.29, 0.717) is 19.6 Å². The molecule has 102 valence electrons. The van der Waals surface area contributed by atoms with Crippen LogP contribution in [0.5, 0.6) is 0 Å². The minimum atomic E-state index is -0.238. The Labute approximate surface area is 109 Å². The van der Waals surface area contributed by atoms with Crippen molar-refractivity contribution in [3.8, 4) is 0 Å². The summed E-state index contributed by atoms with van der Waals surface area (Å²) in [7, 11) is 0. The van der Waals surface area contributed by atoms with Crippen LogP contribution in [0.4, 0.5) is 0 Å². The molecule has 1 atom stereocenters. The number of rotatable bonds is 7. The van der Waals surface area contributed by atoms with Gasteiger partial charge in [0.05, 0.1) is 19.6 Å². The lowest BCUT2D eigenvalue weighted by atomic mass is 10.1. The molecule has 0 amide bonds. The fourth-order valence-corrected chi connectivity index (χ4v) is 1.78. The number of hydrogen-bond acceptors (Lipinski definition) is 4. The number of ether oxygens (including phenoxy) is 3. The Morgan fingerprint density at radius 2 is 2.33 bits per heavy atom. The van der Waals surface area contributed by atoms with Gasteiger partial charge in [0.2, 0.25) is 0 Å². The van der Waals surface area contributed by atoms with Crippen molar-refractivity contribution in [2.75, 3.05) is 19.8 Å². The summed E-state index contributed by atoms with van der Waals surface area (Å²) in [5, 5.41) is 0. The molecule has 1 saturated heterocycles. The van der Waals surface area contributed by atoms with Gasteiger partial charge < -0.3 is 14.2 Å². The van der Waals surface area contributed by atoms with Crippen LogP contribution < -0.4 is 0 Å². The van der Waals surface area contributed by atoms with Crippen LogP contribution >= 0.6 is 0 Å². The van der Waals surface area contributed by atoms with Gasteiger partial charge in [0.15, 0.2) is 6.29 Å². The fraction of sp³-hybridized carbons (Fsp3) is 0.714. The quantitative estimate of drug-likeness (QED) is 0.517. The van der Waals surface area contributed by atoms with Gasteiger partial charge >= 0.3 is 5.97 Å². The largest absolute Gasteiger partial charge is 0.466 e. The van der Waals surface area contributed by atoms with Crippen molar-refractivity contribution in [1.82, 2.24) is 0 Å². The van der Waals surface area contributed by atoms with Gasteiger partial charge in [0.25, 0.3) is 0 Å². The van der Waals surface area contributed by atoms with Crippen LogP contribution in [0.25, 0.3) is 0 Å².